The molecule has 66 heavy (non-hydrogen) atoms. The number of aliphatic hydroxyl groups is 17. The molecule has 1 saturated carbocycles. The molecule has 4 heterocycles. The van der Waals surface area contributed by atoms with Crippen molar-refractivity contribution >= 4 is 21.2 Å². The molecule has 0 bridgehead atoms. The maximum absolute atomic E-state index is 11.3. The minimum absolute atomic E-state index is 0.0589. The van der Waals surface area contributed by atoms with Gasteiger partial charge in [-0.2, -0.15) is 12.6 Å². The van der Waals surface area contributed by atoms with E-state index in [2.05, 4.69) is 12.6 Å². The molecule has 0 aromatic heterocycles. The molecule has 0 aromatic rings. The van der Waals surface area contributed by atoms with E-state index in [0.717, 1.165) is 12.8 Å². The molecular formula is C36H65O28PS. The summed E-state index contributed by atoms with van der Waals surface area (Å²) >= 11 is 4.15. The molecule has 30 heteroatoms. The molecule has 4 saturated heterocycles. The van der Waals surface area contributed by atoms with E-state index >= 15 is 0 Å². The van der Waals surface area contributed by atoms with E-state index in [4.69, 9.17) is 46.9 Å². The molecule has 0 aromatic carbocycles. The van der Waals surface area contributed by atoms with Gasteiger partial charge in [0.2, 0.25) is 0 Å². The van der Waals surface area contributed by atoms with Crippen LogP contribution in [0.25, 0.3) is 0 Å². The van der Waals surface area contributed by atoms with Crippen molar-refractivity contribution in [1.29, 1.82) is 0 Å². The number of unbranched alkanes of at least 4 members (excludes halogenated alkanes) is 3. The summed E-state index contributed by atoms with van der Waals surface area (Å²) in [5.74, 6) is 0.651. The summed E-state index contributed by atoms with van der Waals surface area (Å²) in [5, 5.41) is 179. The highest BCUT2D eigenvalue weighted by molar-refractivity contribution is 7.80. The first-order valence-electron chi connectivity index (χ1n) is 21.3. The van der Waals surface area contributed by atoms with E-state index in [9.17, 15) is 91.7 Å². The van der Waals surface area contributed by atoms with Crippen LogP contribution in [-0.4, -0.2) is 290 Å². The second kappa shape index (κ2) is 25.9. The lowest BCUT2D eigenvalue weighted by Crippen LogP contribution is -2.69. The van der Waals surface area contributed by atoms with Crippen LogP contribution in [0.5, 0.6) is 0 Å². The number of aliphatic hydroxyl groups excluding tert-OH is 17. The highest BCUT2D eigenvalue weighted by atomic mass is 32.1. The van der Waals surface area contributed by atoms with Gasteiger partial charge in [-0.05, 0) is 18.6 Å². The first kappa shape index (κ1) is 56.6. The van der Waals surface area contributed by atoms with Crippen LogP contribution in [0, 0.1) is 0 Å². The summed E-state index contributed by atoms with van der Waals surface area (Å²) < 4.78 is 55.6. The maximum Gasteiger partial charge on any atom is 0.330 e. The van der Waals surface area contributed by atoms with Crippen LogP contribution in [0.3, 0.4) is 0 Å². The Morgan fingerprint density at radius 1 is 0.394 bits per heavy atom. The molecule has 0 spiro atoms. The van der Waals surface area contributed by atoms with Gasteiger partial charge in [0.1, 0.15) is 134 Å². The number of hydrogen-bond donors (Lipinski definition) is 19. The van der Waals surface area contributed by atoms with Gasteiger partial charge in [-0.3, -0.25) is 0 Å². The van der Waals surface area contributed by atoms with Crippen LogP contribution in [0.15, 0.2) is 0 Å². The fraction of sp³-hybridized carbons (Fsp3) is 1.00. The predicted octanol–water partition coefficient (Wildman–Crippen LogP) is -9.79. The molecule has 18 N–H and O–H groups in total. The predicted molar refractivity (Wildman–Crippen MR) is 213 cm³/mol. The number of ether oxygens (including phenoxy) is 8. The Morgan fingerprint density at radius 2 is 0.742 bits per heavy atom. The SMILES string of the molecule is OCC1OC(OCC2OC(OCC3OC(OC4C(O)C(O)C(O)C(OC5OC(CO)C(O)C(O)C5O)C4OP(O)OCCCCCCS)C(O)C(O)C3O)C(O)C(O)C2O)C(O)C(O)C1O. The summed E-state index contributed by atoms with van der Waals surface area (Å²) in [5.41, 5.74) is 0. The van der Waals surface area contributed by atoms with E-state index in [-0.39, 0.29) is 6.61 Å². The third-order valence-electron chi connectivity index (χ3n) is 12.0. The maximum atomic E-state index is 11.3. The lowest BCUT2D eigenvalue weighted by Gasteiger charge is -2.49. The quantitative estimate of drug-likeness (QED) is 0.0288. The summed E-state index contributed by atoms with van der Waals surface area (Å²) in [7, 11) is -2.96. The van der Waals surface area contributed by atoms with Crippen LogP contribution >= 0.6 is 21.2 Å². The molecular weight excluding hydrogens is 943 g/mol. The topological polar surface area (TPSA) is 456 Å². The molecule has 5 aliphatic rings. The van der Waals surface area contributed by atoms with Gasteiger partial charge in [-0.15, -0.1) is 0 Å². The molecule has 388 valence electrons. The van der Waals surface area contributed by atoms with Crippen molar-refractivity contribution in [2.75, 3.05) is 38.8 Å². The van der Waals surface area contributed by atoms with Crippen molar-refractivity contribution in [1.82, 2.24) is 0 Å². The fourth-order valence-electron chi connectivity index (χ4n) is 7.88. The lowest BCUT2D eigenvalue weighted by atomic mass is 9.84. The van der Waals surface area contributed by atoms with Crippen LogP contribution in [0.4, 0.5) is 0 Å². The van der Waals surface area contributed by atoms with E-state index in [1.165, 1.54) is 0 Å². The average Bonchev–Trinajstić information content (AvgIpc) is 3.30. The molecule has 1 aliphatic carbocycles. The highest BCUT2D eigenvalue weighted by Crippen LogP contribution is 2.42. The molecule has 27 unspecified atom stereocenters. The van der Waals surface area contributed by atoms with Gasteiger partial charge in [-0.1, -0.05) is 12.8 Å². The zero-order valence-electron chi connectivity index (χ0n) is 35.1. The highest BCUT2D eigenvalue weighted by Gasteiger charge is 2.58. The second-order valence-electron chi connectivity index (χ2n) is 16.5. The Balaban J connectivity index is 1.31. The van der Waals surface area contributed by atoms with Gasteiger partial charge < -0.3 is 139 Å². The van der Waals surface area contributed by atoms with Crippen LogP contribution in [0.1, 0.15) is 25.7 Å². The number of hydrogen-bond acceptors (Lipinski definition) is 29. The molecule has 27 atom stereocenters. The van der Waals surface area contributed by atoms with Crippen molar-refractivity contribution in [3.05, 3.63) is 0 Å². The largest absolute Gasteiger partial charge is 0.394 e. The summed E-state index contributed by atoms with van der Waals surface area (Å²) in [6.07, 6.45) is -47.2. The normalized spacial score (nSPS) is 48.6. The standard InChI is InChI=1S/C36H65O28PS/c37-7-11-15(39)19(43)26(50)33(58-11)55-9-13-17(41)21(45)27(51)34(60-13)56-10-14-18(42)22(46)29(53)36(61-14)63-31-25(49)23(47)24(48)30(32(31)64-65(54)57-5-3-1-2-4-6-66)62-35-28(52)20(44)16(40)12(8-38)59-35/h11-54,66H,1-10H2. The summed E-state index contributed by atoms with van der Waals surface area (Å²) in [6, 6.07) is 0. The monoisotopic (exact) mass is 1010 g/mol. The fourth-order valence-corrected chi connectivity index (χ4v) is 8.90. The second-order valence-corrected chi connectivity index (χ2v) is 17.9. The zero-order valence-corrected chi connectivity index (χ0v) is 36.9. The van der Waals surface area contributed by atoms with Crippen molar-refractivity contribution in [3.63, 3.8) is 0 Å². The van der Waals surface area contributed by atoms with Gasteiger partial charge in [0.05, 0.1) is 33.0 Å². The van der Waals surface area contributed by atoms with E-state index in [0.29, 0.717) is 18.6 Å². The van der Waals surface area contributed by atoms with Crippen LogP contribution < -0.4 is 0 Å². The van der Waals surface area contributed by atoms with Crippen LogP contribution in [-0.2, 0) is 46.9 Å². The van der Waals surface area contributed by atoms with Gasteiger partial charge in [-0.25, -0.2) is 0 Å². The first-order valence-corrected chi connectivity index (χ1v) is 23.0. The van der Waals surface area contributed by atoms with Gasteiger partial charge in [0.15, 0.2) is 25.2 Å². The van der Waals surface area contributed by atoms with Gasteiger partial charge in [0, 0.05) is 0 Å². The number of rotatable bonds is 21. The lowest BCUT2D eigenvalue weighted by molar-refractivity contribution is -0.365. The average molecular weight is 1010 g/mol. The Labute approximate surface area is 383 Å². The van der Waals surface area contributed by atoms with Crippen LogP contribution in [0.2, 0.25) is 0 Å². The van der Waals surface area contributed by atoms with Crippen molar-refractivity contribution < 1.29 is 139 Å². The third kappa shape index (κ3) is 13.2. The zero-order chi connectivity index (χ0) is 48.7. The minimum atomic E-state index is -2.96. The Kier molecular flexibility index (Phi) is 22.2. The smallest absolute Gasteiger partial charge is 0.330 e. The van der Waals surface area contributed by atoms with E-state index in [1.807, 2.05) is 0 Å². The summed E-state index contributed by atoms with van der Waals surface area (Å²) in [6.45, 7) is -3.31. The van der Waals surface area contributed by atoms with Crippen molar-refractivity contribution in [2.24, 2.45) is 0 Å². The first-order chi connectivity index (χ1) is 31.3. The van der Waals surface area contributed by atoms with Crippen molar-refractivity contribution in [2.45, 2.75) is 185 Å². The molecule has 5 fully saturated rings. The van der Waals surface area contributed by atoms with E-state index < -0.39 is 194 Å². The Bertz CT molecular complexity index is 1420. The molecule has 4 aliphatic heterocycles. The molecule has 5 rings (SSSR count). The molecule has 28 nitrogen and oxygen atoms in total. The Hall–Kier alpha value is -0.340. The van der Waals surface area contributed by atoms with E-state index in [1.54, 1.807) is 0 Å². The minimum Gasteiger partial charge on any atom is -0.394 e. The molecule has 0 amide bonds. The number of thiol groups is 1. The van der Waals surface area contributed by atoms with Gasteiger partial charge >= 0.3 is 8.60 Å². The summed E-state index contributed by atoms with van der Waals surface area (Å²) in [4.78, 5) is 10.9. The van der Waals surface area contributed by atoms with Crippen molar-refractivity contribution in [3.8, 4) is 0 Å². The van der Waals surface area contributed by atoms with Gasteiger partial charge in [0.25, 0.3) is 0 Å². The Morgan fingerprint density at radius 3 is 1.17 bits per heavy atom. The molecule has 0 radical (unpaired) electrons. The third-order valence-corrected chi connectivity index (χ3v) is 13.1.